The second-order valence-corrected chi connectivity index (χ2v) is 7.32. The van der Waals surface area contributed by atoms with Crippen LogP contribution < -0.4 is 10.1 Å². The molecule has 0 saturated carbocycles. The zero-order chi connectivity index (χ0) is 19.5. The Hall–Kier alpha value is -2.27. The molecule has 0 saturated heterocycles. The number of hydrogen-bond donors (Lipinski definition) is 1. The summed E-state index contributed by atoms with van der Waals surface area (Å²) in [4.78, 5) is 4.55. The lowest BCUT2D eigenvalue weighted by Crippen LogP contribution is -2.21. The fraction of sp³-hybridized carbons (Fsp3) is 0.261. The summed E-state index contributed by atoms with van der Waals surface area (Å²) in [5.41, 5.74) is 3.07. The van der Waals surface area contributed by atoms with E-state index in [0.29, 0.717) is 24.0 Å². The van der Waals surface area contributed by atoms with Crippen molar-refractivity contribution in [2.45, 2.75) is 7.43 Å². The Morgan fingerprint density at radius 3 is 2.45 bits per heavy atom. The first-order valence-electron chi connectivity index (χ1n) is 9.10. The Balaban J connectivity index is 0.00000240. The first-order valence-corrected chi connectivity index (χ1v) is 9.85. The summed E-state index contributed by atoms with van der Waals surface area (Å²) < 4.78 is 11.1. The standard InChI is InChI=1S/C22H20Cl2N2O2.CH4/c1-27-10-11-28-21-19(22-25-8-9-26-22)13-16-12-15(4-7-18(16)20(21)24)14-2-5-17(23)6-3-14;/h2-7,12-13H,8-11H2,1H3,(H,25,26);1H4. The lowest BCUT2D eigenvalue weighted by molar-refractivity contribution is 0.146. The van der Waals surface area contributed by atoms with E-state index in [4.69, 9.17) is 32.7 Å². The van der Waals surface area contributed by atoms with Gasteiger partial charge < -0.3 is 14.8 Å². The number of ether oxygens (including phenoxy) is 2. The molecule has 1 heterocycles. The van der Waals surface area contributed by atoms with Crippen LogP contribution >= 0.6 is 23.2 Å². The van der Waals surface area contributed by atoms with E-state index in [1.807, 2.05) is 30.3 Å². The van der Waals surface area contributed by atoms with Crippen LogP contribution in [0.15, 0.2) is 53.5 Å². The number of nitrogens with one attached hydrogen (secondary N) is 1. The first kappa shape index (κ1) is 21.4. The maximum atomic E-state index is 6.76. The van der Waals surface area contributed by atoms with Crippen molar-refractivity contribution in [3.05, 3.63) is 64.1 Å². The van der Waals surface area contributed by atoms with Gasteiger partial charge in [-0.1, -0.05) is 54.9 Å². The molecular formula is C23H24Cl2N2O2. The molecule has 6 heteroatoms. The van der Waals surface area contributed by atoms with Gasteiger partial charge in [0.1, 0.15) is 18.2 Å². The van der Waals surface area contributed by atoms with Crippen molar-refractivity contribution in [2.75, 3.05) is 33.4 Å². The van der Waals surface area contributed by atoms with Gasteiger partial charge in [-0.15, -0.1) is 0 Å². The lowest BCUT2D eigenvalue weighted by atomic mass is 9.99. The minimum Gasteiger partial charge on any atom is -0.489 e. The SMILES string of the molecule is C.COCCOc1c(C2=NCCN2)cc2cc(-c3ccc(Cl)cc3)ccc2c1Cl. The van der Waals surface area contributed by atoms with E-state index in [0.717, 1.165) is 51.4 Å². The number of fused-ring (bicyclic) bond motifs is 1. The molecule has 0 fully saturated rings. The van der Waals surface area contributed by atoms with Gasteiger partial charge in [-0.3, -0.25) is 4.99 Å². The monoisotopic (exact) mass is 430 g/mol. The average molecular weight is 431 g/mol. The molecule has 1 aliphatic rings. The first-order chi connectivity index (χ1) is 13.7. The highest BCUT2D eigenvalue weighted by molar-refractivity contribution is 6.38. The Morgan fingerprint density at radius 1 is 1.00 bits per heavy atom. The van der Waals surface area contributed by atoms with Gasteiger partial charge >= 0.3 is 0 Å². The molecule has 4 rings (SSSR count). The van der Waals surface area contributed by atoms with Gasteiger partial charge in [-0.2, -0.15) is 0 Å². The highest BCUT2D eigenvalue weighted by Gasteiger charge is 2.20. The van der Waals surface area contributed by atoms with Gasteiger partial charge in [0.15, 0.2) is 0 Å². The predicted octanol–water partition coefficient (Wildman–Crippen LogP) is 5.82. The molecule has 3 aromatic carbocycles. The molecule has 0 radical (unpaired) electrons. The van der Waals surface area contributed by atoms with Gasteiger partial charge in [-0.05, 0) is 40.8 Å². The molecule has 0 bridgehead atoms. The van der Waals surface area contributed by atoms with E-state index in [9.17, 15) is 0 Å². The Kier molecular flexibility index (Phi) is 7.01. The molecule has 0 atom stereocenters. The number of nitrogens with zero attached hydrogens (tertiary/aromatic N) is 1. The van der Waals surface area contributed by atoms with Crippen LogP contribution in [0.5, 0.6) is 5.75 Å². The lowest BCUT2D eigenvalue weighted by Gasteiger charge is -2.16. The van der Waals surface area contributed by atoms with Crippen molar-refractivity contribution in [2.24, 2.45) is 4.99 Å². The zero-order valence-corrected chi connectivity index (χ0v) is 17.0. The van der Waals surface area contributed by atoms with Gasteiger partial charge in [0.05, 0.1) is 23.7 Å². The topological polar surface area (TPSA) is 42.9 Å². The number of hydrogen-bond acceptors (Lipinski definition) is 4. The van der Waals surface area contributed by atoms with Crippen LogP contribution in [-0.2, 0) is 4.74 Å². The number of benzene rings is 3. The van der Waals surface area contributed by atoms with Crippen LogP contribution in [0, 0.1) is 0 Å². The molecule has 0 aliphatic carbocycles. The summed E-state index contributed by atoms with van der Waals surface area (Å²) in [5.74, 6) is 1.45. The third-order valence-corrected chi connectivity index (χ3v) is 5.30. The summed E-state index contributed by atoms with van der Waals surface area (Å²) in [5, 5.41) is 6.59. The zero-order valence-electron chi connectivity index (χ0n) is 15.5. The van der Waals surface area contributed by atoms with Crippen LogP contribution in [0.2, 0.25) is 10.0 Å². The summed E-state index contributed by atoms with van der Waals surface area (Å²) in [6.07, 6.45) is 0. The number of aliphatic imine (C=N–C) groups is 1. The van der Waals surface area contributed by atoms with Crippen molar-refractivity contribution in [1.82, 2.24) is 5.32 Å². The molecule has 1 aliphatic heterocycles. The van der Waals surface area contributed by atoms with Crippen molar-refractivity contribution in [3.63, 3.8) is 0 Å². The highest BCUT2D eigenvalue weighted by Crippen LogP contribution is 2.38. The molecule has 0 amide bonds. The second kappa shape index (κ2) is 9.49. The Bertz CT molecular complexity index is 1030. The van der Waals surface area contributed by atoms with Crippen molar-refractivity contribution in [3.8, 4) is 16.9 Å². The summed E-state index contributed by atoms with van der Waals surface area (Å²) in [6, 6.07) is 16.1. The Labute approximate surface area is 181 Å². The molecule has 1 N–H and O–H groups in total. The van der Waals surface area contributed by atoms with Gasteiger partial charge in [0.2, 0.25) is 0 Å². The van der Waals surface area contributed by atoms with Crippen LogP contribution in [0.3, 0.4) is 0 Å². The van der Waals surface area contributed by atoms with Gasteiger partial charge in [0, 0.05) is 24.1 Å². The molecule has 29 heavy (non-hydrogen) atoms. The maximum absolute atomic E-state index is 6.76. The number of halogens is 2. The predicted molar refractivity (Wildman–Crippen MR) is 123 cm³/mol. The molecule has 0 unspecified atom stereocenters. The molecular weight excluding hydrogens is 407 g/mol. The molecule has 152 valence electrons. The molecule has 0 spiro atoms. The smallest absolute Gasteiger partial charge is 0.149 e. The van der Waals surface area contributed by atoms with E-state index in [1.165, 1.54) is 0 Å². The number of amidine groups is 1. The summed E-state index contributed by atoms with van der Waals surface area (Å²) >= 11 is 12.8. The highest BCUT2D eigenvalue weighted by atomic mass is 35.5. The summed E-state index contributed by atoms with van der Waals surface area (Å²) in [6.45, 7) is 2.47. The third kappa shape index (κ3) is 4.50. The fourth-order valence-electron chi connectivity index (χ4n) is 3.29. The van der Waals surface area contributed by atoms with Crippen molar-refractivity contribution < 1.29 is 9.47 Å². The van der Waals surface area contributed by atoms with E-state index in [1.54, 1.807) is 7.11 Å². The van der Waals surface area contributed by atoms with E-state index < -0.39 is 0 Å². The molecule has 4 nitrogen and oxygen atoms in total. The van der Waals surface area contributed by atoms with Crippen LogP contribution in [0.25, 0.3) is 21.9 Å². The minimum absolute atomic E-state index is 0. The van der Waals surface area contributed by atoms with Crippen molar-refractivity contribution in [1.29, 1.82) is 0 Å². The molecule has 0 aromatic heterocycles. The minimum atomic E-state index is 0. The number of methoxy groups -OCH3 is 1. The van der Waals surface area contributed by atoms with E-state index >= 15 is 0 Å². The van der Waals surface area contributed by atoms with E-state index in [2.05, 4.69) is 28.5 Å². The van der Waals surface area contributed by atoms with Crippen LogP contribution in [-0.4, -0.2) is 39.2 Å². The second-order valence-electron chi connectivity index (χ2n) is 6.51. The molecule has 3 aromatic rings. The average Bonchev–Trinajstić information content (AvgIpc) is 3.24. The number of rotatable bonds is 6. The van der Waals surface area contributed by atoms with Crippen LogP contribution in [0.4, 0.5) is 0 Å². The fourth-order valence-corrected chi connectivity index (χ4v) is 3.74. The van der Waals surface area contributed by atoms with E-state index in [-0.39, 0.29) is 7.43 Å². The van der Waals surface area contributed by atoms with Crippen molar-refractivity contribution >= 4 is 39.8 Å². The third-order valence-electron chi connectivity index (χ3n) is 4.67. The van der Waals surface area contributed by atoms with Gasteiger partial charge in [-0.25, -0.2) is 0 Å². The van der Waals surface area contributed by atoms with Crippen LogP contribution in [0.1, 0.15) is 13.0 Å². The summed E-state index contributed by atoms with van der Waals surface area (Å²) in [7, 11) is 1.65. The maximum Gasteiger partial charge on any atom is 0.149 e. The van der Waals surface area contributed by atoms with Gasteiger partial charge in [0.25, 0.3) is 0 Å². The Morgan fingerprint density at radius 2 is 1.76 bits per heavy atom. The normalized spacial score (nSPS) is 13.0. The quantitative estimate of drug-likeness (QED) is 0.500. The largest absolute Gasteiger partial charge is 0.489 e.